The molecule has 2 heterocycles. The fourth-order valence-electron chi connectivity index (χ4n) is 2.17. The van der Waals surface area contributed by atoms with E-state index in [0.717, 1.165) is 19.7 Å². The van der Waals surface area contributed by atoms with E-state index in [-0.39, 0.29) is 18.0 Å². The molecule has 0 saturated heterocycles. The lowest BCUT2D eigenvalue weighted by atomic mass is 10.3. The second kappa shape index (κ2) is 6.64. The molecule has 0 saturated carbocycles. The van der Waals surface area contributed by atoms with Crippen LogP contribution in [0.1, 0.15) is 5.01 Å². The van der Waals surface area contributed by atoms with Crippen LogP contribution in [-0.4, -0.2) is 27.4 Å². The van der Waals surface area contributed by atoms with E-state index in [1.54, 1.807) is 35.5 Å². The minimum absolute atomic E-state index is 0.0136. The smallest absolute Gasteiger partial charge is 0.251 e. The molecule has 0 N–H and O–H groups in total. The zero-order valence-corrected chi connectivity index (χ0v) is 14.8. The molecule has 2 aromatic heterocycles. The highest BCUT2D eigenvalue weighted by Gasteiger charge is 2.13. The summed E-state index contributed by atoms with van der Waals surface area (Å²) in [6, 6.07) is 11.0. The molecule has 118 valence electrons. The maximum atomic E-state index is 12.3. The molecule has 0 spiro atoms. The van der Waals surface area contributed by atoms with Crippen molar-refractivity contribution >= 4 is 43.4 Å². The molecule has 1 amide bonds. The summed E-state index contributed by atoms with van der Waals surface area (Å²) in [5.41, 5.74) is 0.742. The van der Waals surface area contributed by atoms with Crippen molar-refractivity contribution in [1.29, 1.82) is 0 Å². The Hall–Kier alpha value is -1.99. The van der Waals surface area contributed by atoms with Crippen LogP contribution in [-0.2, 0) is 17.9 Å². The van der Waals surface area contributed by atoms with Crippen molar-refractivity contribution in [3.63, 3.8) is 0 Å². The minimum atomic E-state index is -0.199. The first-order valence-electron chi connectivity index (χ1n) is 6.97. The Labute approximate surface area is 145 Å². The minimum Gasteiger partial charge on any atom is -0.337 e. The zero-order chi connectivity index (χ0) is 16.4. The quantitative estimate of drug-likeness (QED) is 0.686. The van der Waals surface area contributed by atoms with Gasteiger partial charge in [-0.25, -0.2) is 4.98 Å². The van der Waals surface area contributed by atoms with Crippen LogP contribution >= 0.6 is 27.3 Å². The number of benzene rings is 1. The molecule has 0 aliphatic heterocycles. The van der Waals surface area contributed by atoms with Crippen LogP contribution in [0, 0.1) is 0 Å². The van der Waals surface area contributed by atoms with E-state index >= 15 is 0 Å². The van der Waals surface area contributed by atoms with Crippen molar-refractivity contribution in [3.05, 3.63) is 62.4 Å². The number of thiazole rings is 1. The highest BCUT2D eigenvalue weighted by Crippen LogP contribution is 2.22. The number of pyridine rings is 1. The highest BCUT2D eigenvalue weighted by molar-refractivity contribution is 9.10. The normalized spacial score (nSPS) is 10.9. The molecule has 1 aromatic carbocycles. The third-order valence-electron chi connectivity index (χ3n) is 3.39. The van der Waals surface area contributed by atoms with E-state index in [2.05, 4.69) is 20.9 Å². The van der Waals surface area contributed by atoms with Gasteiger partial charge in [-0.15, -0.1) is 11.3 Å². The van der Waals surface area contributed by atoms with Gasteiger partial charge in [0.2, 0.25) is 5.91 Å². The predicted octanol–water partition coefficient (Wildman–Crippen LogP) is 2.88. The van der Waals surface area contributed by atoms with Crippen molar-refractivity contribution in [3.8, 4) is 0 Å². The van der Waals surface area contributed by atoms with E-state index < -0.39 is 0 Å². The largest absolute Gasteiger partial charge is 0.337 e. The summed E-state index contributed by atoms with van der Waals surface area (Å²) < 4.78 is 3.26. The van der Waals surface area contributed by atoms with Crippen molar-refractivity contribution in [1.82, 2.24) is 14.5 Å². The topological polar surface area (TPSA) is 55.2 Å². The average molecular weight is 392 g/mol. The lowest BCUT2D eigenvalue weighted by Gasteiger charge is -2.16. The molecule has 0 aliphatic rings. The number of rotatable bonds is 4. The van der Waals surface area contributed by atoms with Gasteiger partial charge in [-0.3, -0.25) is 9.59 Å². The number of halogens is 1. The summed E-state index contributed by atoms with van der Waals surface area (Å²) in [6.45, 7) is 0.445. The molecule has 0 aliphatic carbocycles. The maximum absolute atomic E-state index is 12.3. The molecule has 0 fully saturated rings. The number of amides is 1. The van der Waals surface area contributed by atoms with Gasteiger partial charge in [0.1, 0.15) is 11.6 Å². The lowest BCUT2D eigenvalue weighted by molar-refractivity contribution is -0.131. The van der Waals surface area contributed by atoms with Crippen LogP contribution in [0.2, 0.25) is 0 Å². The SMILES string of the molecule is CN(Cc1nc2ccccc2s1)C(=O)Cn1cc(Br)ccc1=O. The number of hydrogen-bond acceptors (Lipinski definition) is 4. The molecule has 0 radical (unpaired) electrons. The number of aromatic nitrogens is 2. The average Bonchev–Trinajstić information content (AvgIpc) is 2.93. The highest BCUT2D eigenvalue weighted by atomic mass is 79.9. The molecule has 3 rings (SSSR count). The molecule has 7 heteroatoms. The standard InChI is InChI=1S/C16H14BrN3O2S/c1-19(9-14-18-12-4-2-3-5-13(12)23-14)16(22)10-20-8-11(17)6-7-15(20)21/h2-8H,9-10H2,1H3. The summed E-state index contributed by atoms with van der Waals surface area (Å²) in [4.78, 5) is 30.2. The van der Waals surface area contributed by atoms with E-state index in [0.29, 0.717) is 6.54 Å². The number of hydrogen-bond donors (Lipinski definition) is 0. The lowest BCUT2D eigenvalue weighted by Crippen LogP contribution is -2.33. The van der Waals surface area contributed by atoms with Gasteiger partial charge in [0.05, 0.1) is 16.8 Å². The number of fused-ring (bicyclic) bond motifs is 1. The monoisotopic (exact) mass is 391 g/mol. The Bertz CT molecular complexity index is 886. The number of likely N-dealkylation sites (N-methyl/N-ethyl adjacent to an activating group) is 1. The van der Waals surface area contributed by atoms with Gasteiger partial charge in [-0.1, -0.05) is 12.1 Å². The first kappa shape index (κ1) is 15.9. The van der Waals surface area contributed by atoms with Crippen molar-refractivity contribution < 1.29 is 4.79 Å². The van der Waals surface area contributed by atoms with Crippen LogP contribution in [0.4, 0.5) is 0 Å². The van der Waals surface area contributed by atoms with Gasteiger partial charge >= 0.3 is 0 Å². The summed E-state index contributed by atoms with van der Waals surface area (Å²) >= 11 is 4.88. The molecule has 0 unspecified atom stereocenters. The Kier molecular flexibility index (Phi) is 4.58. The molecule has 5 nitrogen and oxygen atoms in total. The van der Waals surface area contributed by atoms with Gasteiger partial charge in [0.25, 0.3) is 5.56 Å². The fraction of sp³-hybridized carbons (Fsp3) is 0.188. The van der Waals surface area contributed by atoms with Crippen LogP contribution in [0.3, 0.4) is 0 Å². The predicted molar refractivity (Wildman–Crippen MR) is 94.5 cm³/mol. The Balaban J connectivity index is 1.72. The maximum Gasteiger partial charge on any atom is 0.251 e. The van der Waals surface area contributed by atoms with Crippen LogP contribution in [0.15, 0.2) is 51.9 Å². The van der Waals surface area contributed by atoms with Gasteiger partial charge < -0.3 is 9.47 Å². The zero-order valence-electron chi connectivity index (χ0n) is 12.4. The second-order valence-electron chi connectivity index (χ2n) is 5.14. The van der Waals surface area contributed by atoms with E-state index in [4.69, 9.17) is 0 Å². The van der Waals surface area contributed by atoms with Gasteiger partial charge in [0.15, 0.2) is 0 Å². The van der Waals surface area contributed by atoms with Crippen LogP contribution in [0.25, 0.3) is 10.2 Å². The number of carbonyl (C=O) groups excluding carboxylic acids is 1. The fourth-order valence-corrected chi connectivity index (χ4v) is 3.57. The van der Waals surface area contributed by atoms with Crippen molar-refractivity contribution in [2.45, 2.75) is 13.1 Å². The van der Waals surface area contributed by atoms with Crippen LogP contribution < -0.4 is 5.56 Å². The Morgan fingerprint density at radius 2 is 2.09 bits per heavy atom. The molecular weight excluding hydrogens is 378 g/mol. The second-order valence-corrected chi connectivity index (χ2v) is 7.17. The third-order valence-corrected chi connectivity index (χ3v) is 4.88. The first-order chi connectivity index (χ1) is 11.0. The third kappa shape index (κ3) is 3.68. The van der Waals surface area contributed by atoms with Crippen molar-refractivity contribution in [2.24, 2.45) is 0 Å². The Morgan fingerprint density at radius 1 is 1.30 bits per heavy atom. The Morgan fingerprint density at radius 3 is 2.87 bits per heavy atom. The van der Waals surface area contributed by atoms with E-state index in [9.17, 15) is 9.59 Å². The van der Waals surface area contributed by atoms with Gasteiger partial charge in [-0.2, -0.15) is 0 Å². The summed E-state index contributed by atoms with van der Waals surface area (Å²) in [5, 5.41) is 0.878. The first-order valence-corrected chi connectivity index (χ1v) is 8.58. The number of para-hydroxylation sites is 1. The van der Waals surface area contributed by atoms with Gasteiger partial charge in [0, 0.05) is 23.8 Å². The summed E-state index contributed by atoms with van der Waals surface area (Å²) in [6.07, 6.45) is 1.62. The molecule has 0 atom stereocenters. The number of nitrogens with zero attached hydrogens (tertiary/aromatic N) is 3. The molecule has 23 heavy (non-hydrogen) atoms. The molecule has 3 aromatic rings. The van der Waals surface area contributed by atoms with E-state index in [1.165, 1.54) is 10.6 Å². The van der Waals surface area contributed by atoms with Crippen molar-refractivity contribution in [2.75, 3.05) is 7.05 Å². The number of carbonyl (C=O) groups is 1. The van der Waals surface area contributed by atoms with Gasteiger partial charge in [-0.05, 0) is 34.1 Å². The molecule has 0 bridgehead atoms. The van der Waals surface area contributed by atoms with E-state index in [1.807, 2.05) is 24.3 Å². The molecular formula is C16H14BrN3O2S. The summed E-state index contributed by atoms with van der Waals surface area (Å²) in [5.74, 6) is -0.135. The van der Waals surface area contributed by atoms with Crippen LogP contribution in [0.5, 0.6) is 0 Å². The summed E-state index contributed by atoms with van der Waals surface area (Å²) in [7, 11) is 1.72.